The monoisotopic (exact) mass is 373 g/mol. The summed E-state index contributed by atoms with van der Waals surface area (Å²) in [5.41, 5.74) is 0.871. The Morgan fingerprint density at radius 1 is 1.47 bits per heavy atom. The Labute approximate surface area is 128 Å². The number of likely N-dealkylation sites (N-methyl/N-ethyl adjacent to an activating group) is 1. The van der Waals surface area contributed by atoms with Crippen LogP contribution in [0.15, 0.2) is 24.3 Å². The van der Waals surface area contributed by atoms with Crippen LogP contribution in [0.2, 0.25) is 0 Å². The molecule has 4 nitrogen and oxygen atoms in total. The van der Waals surface area contributed by atoms with Crippen LogP contribution in [0.3, 0.4) is 0 Å². The van der Waals surface area contributed by atoms with Crippen LogP contribution in [-0.2, 0) is 4.79 Å². The van der Waals surface area contributed by atoms with Crippen LogP contribution in [0.25, 0.3) is 0 Å². The second-order valence-corrected chi connectivity index (χ2v) is 6.20. The third kappa shape index (κ3) is 4.74. The van der Waals surface area contributed by atoms with E-state index in [4.69, 9.17) is 0 Å². The highest BCUT2D eigenvalue weighted by molar-refractivity contribution is 14.1. The van der Waals surface area contributed by atoms with Crippen LogP contribution in [-0.4, -0.2) is 43.5 Å². The normalized spacial score (nSPS) is 16.6. The summed E-state index contributed by atoms with van der Waals surface area (Å²) < 4.78 is 1.13. The van der Waals surface area contributed by atoms with Crippen LogP contribution < -0.4 is 10.6 Å². The molecular formula is C14H20IN3O. The van der Waals surface area contributed by atoms with Crippen LogP contribution in [0.1, 0.15) is 12.8 Å². The van der Waals surface area contributed by atoms with Crippen molar-refractivity contribution in [1.82, 2.24) is 10.2 Å². The summed E-state index contributed by atoms with van der Waals surface area (Å²) in [5, 5.41) is 6.29. The van der Waals surface area contributed by atoms with Gasteiger partial charge in [0.25, 0.3) is 0 Å². The Bertz CT molecular complexity index is 432. The maximum absolute atomic E-state index is 12.0. The molecule has 1 fully saturated rings. The molecule has 1 amide bonds. The molecule has 0 aliphatic carbocycles. The van der Waals surface area contributed by atoms with Gasteiger partial charge in [0.1, 0.15) is 0 Å². The molecule has 0 bridgehead atoms. The Morgan fingerprint density at radius 3 is 2.89 bits per heavy atom. The van der Waals surface area contributed by atoms with Crippen LogP contribution in [0.4, 0.5) is 5.69 Å². The predicted octanol–water partition coefficient (Wildman–Crippen LogP) is 1.91. The van der Waals surface area contributed by atoms with E-state index in [1.165, 1.54) is 0 Å². The Morgan fingerprint density at radius 2 is 2.21 bits per heavy atom. The van der Waals surface area contributed by atoms with Crippen molar-refractivity contribution in [3.63, 3.8) is 0 Å². The SMILES string of the molecule is CN(CC(=O)Nc1cccc(I)c1)C1CCNCC1. The molecule has 1 aliphatic rings. The fourth-order valence-electron chi connectivity index (χ4n) is 2.37. The number of hydrogen-bond donors (Lipinski definition) is 2. The van der Waals surface area contributed by atoms with Gasteiger partial charge < -0.3 is 10.6 Å². The fraction of sp³-hybridized carbons (Fsp3) is 0.500. The molecule has 1 aromatic rings. The van der Waals surface area contributed by atoms with Crippen molar-refractivity contribution in [2.75, 3.05) is 32.0 Å². The molecule has 0 unspecified atom stereocenters. The predicted molar refractivity (Wildman–Crippen MR) is 86.3 cm³/mol. The molecular weight excluding hydrogens is 353 g/mol. The summed E-state index contributed by atoms with van der Waals surface area (Å²) in [6.07, 6.45) is 2.24. The van der Waals surface area contributed by atoms with Gasteiger partial charge in [0.05, 0.1) is 6.54 Å². The molecule has 0 radical (unpaired) electrons. The highest BCUT2D eigenvalue weighted by Gasteiger charge is 2.19. The zero-order valence-electron chi connectivity index (χ0n) is 11.2. The number of halogens is 1. The van der Waals surface area contributed by atoms with Gasteiger partial charge >= 0.3 is 0 Å². The first-order valence-electron chi connectivity index (χ1n) is 6.61. The lowest BCUT2D eigenvalue weighted by Gasteiger charge is -2.31. The van der Waals surface area contributed by atoms with E-state index < -0.39 is 0 Å². The number of benzene rings is 1. The van der Waals surface area contributed by atoms with Crippen molar-refractivity contribution in [3.8, 4) is 0 Å². The van der Waals surface area contributed by atoms with Crippen LogP contribution in [0.5, 0.6) is 0 Å². The highest BCUT2D eigenvalue weighted by Crippen LogP contribution is 2.13. The number of amides is 1. The van der Waals surface area contributed by atoms with Crippen molar-refractivity contribution >= 4 is 34.2 Å². The molecule has 0 atom stereocenters. The van der Waals surface area contributed by atoms with Crippen molar-refractivity contribution in [2.24, 2.45) is 0 Å². The summed E-state index contributed by atoms with van der Waals surface area (Å²) in [7, 11) is 2.03. The molecule has 19 heavy (non-hydrogen) atoms. The lowest BCUT2D eigenvalue weighted by atomic mass is 10.1. The Balaban J connectivity index is 1.83. The minimum absolute atomic E-state index is 0.0584. The molecule has 1 heterocycles. The van der Waals surface area contributed by atoms with Gasteiger partial charge in [-0.1, -0.05) is 6.07 Å². The summed E-state index contributed by atoms with van der Waals surface area (Å²) in [6.45, 7) is 2.55. The molecule has 0 saturated carbocycles. The standard InChI is InChI=1S/C14H20IN3O/c1-18(13-5-7-16-8-6-13)10-14(19)17-12-4-2-3-11(15)9-12/h2-4,9,13,16H,5-8,10H2,1H3,(H,17,19). The van der Waals surface area contributed by atoms with Crippen molar-refractivity contribution in [2.45, 2.75) is 18.9 Å². The number of hydrogen-bond acceptors (Lipinski definition) is 3. The molecule has 0 aromatic heterocycles. The summed E-state index contributed by atoms with van der Waals surface area (Å²) in [4.78, 5) is 14.2. The number of carbonyl (C=O) groups excluding carboxylic acids is 1. The van der Waals surface area contributed by atoms with Gasteiger partial charge in [-0.05, 0) is 73.8 Å². The summed E-state index contributed by atoms with van der Waals surface area (Å²) in [6, 6.07) is 8.38. The van der Waals surface area contributed by atoms with Crippen molar-refractivity contribution in [3.05, 3.63) is 27.8 Å². The second-order valence-electron chi connectivity index (χ2n) is 4.95. The quantitative estimate of drug-likeness (QED) is 0.793. The van der Waals surface area contributed by atoms with Gasteiger partial charge in [0.15, 0.2) is 0 Å². The van der Waals surface area contributed by atoms with Gasteiger partial charge in [-0.3, -0.25) is 9.69 Å². The first-order chi connectivity index (χ1) is 9.15. The van der Waals surface area contributed by atoms with E-state index in [0.29, 0.717) is 12.6 Å². The van der Waals surface area contributed by atoms with E-state index in [1.807, 2.05) is 31.3 Å². The lowest BCUT2D eigenvalue weighted by Crippen LogP contribution is -2.44. The van der Waals surface area contributed by atoms with E-state index in [9.17, 15) is 4.79 Å². The van der Waals surface area contributed by atoms with E-state index in [1.54, 1.807) is 0 Å². The van der Waals surface area contributed by atoms with E-state index in [0.717, 1.165) is 35.2 Å². The summed E-state index contributed by atoms with van der Waals surface area (Å²) >= 11 is 2.24. The molecule has 0 spiro atoms. The zero-order valence-corrected chi connectivity index (χ0v) is 13.3. The number of nitrogens with one attached hydrogen (secondary N) is 2. The first-order valence-corrected chi connectivity index (χ1v) is 7.69. The highest BCUT2D eigenvalue weighted by atomic mass is 127. The fourth-order valence-corrected chi connectivity index (χ4v) is 2.91. The van der Waals surface area contributed by atoms with Gasteiger partial charge in [0.2, 0.25) is 5.91 Å². The Kier molecular flexibility index (Phi) is 5.59. The number of piperidine rings is 1. The molecule has 1 saturated heterocycles. The molecule has 2 rings (SSSR count). The van der Waals surface area contributed by atoms with E-state index >= 15 is 0 Å². The largest absolute Gasteiger partial charge is 0.325 e. The van der Waals surface area contributed by atoms with Gasteiger partial charge in [-0.2, -0.15) is 0 Å². The Hall–Kier alpha value is -0.660. The van der Waals surface area contributed by atoms with Crippen molar-refractivity contribution in [1.29, 1.82) is 0 Å². The van der Waals surface area contributed by atoms with Crippen molar-refractivity contribution < 1.29 is 4.79 Å². The molecule has 2 N–H and O–H groups in total. The zero-order chi connectivity index (χ0) is 13.7. The maximum Gasteiger partial charge on any atom is 0.238 e. The topological polar surface area (TPSA) is 44.4 Å². The van der Waals surface area contributed by atoms with Gasteiger partial charge in [0, 0.05) is 15.3 Å². The molecule has 104 valence electrons. The minimum Gasteiger partial charge on any atom is -0.325 e. The third-order valence-electron chi connectivity index (χ3n) is 3.43. The van der Waals surface area contributed by atoms with Crippen LogP contribution >= 0.6 is 22.6 Å². The smallest absolute Gasteiger partial charge is 0.238 e. The second kappa shape index (κ2) is 7.21. The molecule has 5 heteroatoms. The van der Waals surface area contributed by atoms with Gasteiger partial charge in [-0.25, -0.2) is 0 Å². The molecule has 1 aromatic carbocycles. The molecule has 1 aliphatic heterocycles. The van der Waals surface area contributed by atoms with E-state index in [2.05, 4.69) is 38.1 Å². The number of carbonyl (C=O) groups is 1. The third-order valence-corrected chi connectivity index (χ3v) is 4.10. The van der Waals surface area contributed by atoms with Crippen LogP contribution in [0, 0.1) is 3.57 Å². The number of nitrogens with zero attached hydrogens (tertiary/aromatic N) is 1. The number of anilines is 1. The first kappa shape index (κ1) is 14.7. The maximum atomic E-state index is 12.0. The lowest BCUT2D eigenvalue weighted by molar-refractivity contribution is -0.117. The van der Waals surface area contributed by atoms with Gasteiger partial charge in [-0.15, -0.1) is 0 Å². The average Bonchev–Trinajstić information content (AvgIpc) is 2.39. The number of rotatable bonds is 4. The van der Waals surface area contributed by atoms with E-state index in [-0.39, 0.29) is 5.91 Å². The minimum atomic E-state index is 0.0584. The average molecular weight is 373 g/mol. The summed E-state index contributed by atoms with van der Waals surface area (Å²) in [5.74, 6) is 0.0584.